The van der Waals surface area contributed by atoms with Crippen LogP contribution in [0.15, 0.2) is 18.2 Å². The molecule has 0 aromatic heterocycles. The lowest BCUT2D eigenvalue weighted by Crippen LogP contribution is -2.13. The van der Waals surface area contributed by atoms with Crippen molar-refractivity contribution in [1.29, 1.82) is 0 Å². The van der Waals surface area contributed by atoms with Gasteiger partial charge in [-0.1, -0.05) is 0 Å². The molecular weight excluding hydrogens is 214 g/mol. The number of anilines is 1. The Hall–Kier alpha value is -2.24. The van der Waals surface area contributed by atoms with E-state index in [1.165, 1.54) is 25.3 Å². The Bertz CT molecular complexity index is 416. The first kappa shape index (κ1) is 11.8. The first-order valence-electron chi connectivity index (χ1n) is 4.37. The fourth-order valence-electron chi connectivity index (χ4n) is 1.01. The molecule has 0 bridgehead atoms. The Labute approximate surface area is 91.6 Å². The number of carbonyl (C=O) groups excluding carboxylic acids is 1. The van der Waals surface area contributed by atoms with Crippen LogP contribution in [0, 0.1) is 0 Å². The van der Waals surface area contributed by atoms with Gasteiger partial charge in [0.05, 0.1) is 12.7 Å². The van der Waals surface area contributed by atoms with Gasteiger partial charge in [-0.25, -0.2) is 9.59 Å². The Balaban J connectivity index is 2.79. The summed E-state index contributed by atoms with van der Waals surface area (Å²) in [4.78, 5) is 21.5. The summed E-state index contributed by atoms with van der Waals surface area (Å²) in [6.45, 7) is -0.278. The minimum absolute atomic E-state index is 0.0673. The summed E-state index contributed by atoms with van der Waals surface area (Å²) < 4.78 is 9.38. The molecule has 0 aliphatic heterocycles. The minimum atomic E-state index is -1.15. The molecule has 0 atom stereocenters. The van der Waals surface area contributed by atoms with Crippen molar-refractivity contribution in [1.82, 2.24) is 0 Å². The zero-order valence-electron chi connectivity index (χ0n) is 8.60. The molecule has 0 amide bonds. The van der Waals surface area contributed by atoms with Crippen molar-refractivity contribution in [3.05, 3.63) is 23.8 Å². The summed E-state index contributed by atoms with van der Waals surface area (Å²) in [6.07, 6.45) is 0. The number of carbonyl (C=O) groups is 2. The predicted octanol–water partition coefficient (Wildman–Crippen LogP) is 0.519. The maximum Gasteiger partial charge on any atom is 0.343 e. The third kappa shape index (κ3) is 2.88. The lowest BCUT2D eigenvalue weighted by Gasteiger charge is -2.06. The number of esters is 1. The van der Waals surface area contributed by atoms with Crippen LogP contribution in [-0.4, -0.2) is 30.8 Å². The van der Waals surface area contributed by atoms with Crippen molar-refractivity contribution < 1.29 is 24.2 Å². The third-order valence-electron chi connectivity index (χ3n) is 1.84. The van der Waals surface area contributed by atoms with Gasteiger partial charge in [0.1, 0.15) is 5.75 Å². The van der Waals surface area contributed by atoms with Crippen LogP contribution in [0.1, 0.15) is 10.4 Å². The van der Waals surface area contributed by atoms with Crippen LogP contribution in [0.2, 0.25) is 0 Å². The van der Waals surface area contributed by atoms with Crippen LogP contribution < -0.4 is 10.5 Å². The first-order valence-corrected chi connectivity index (χ1v) is 4.37. The molecule has 0 fully saturated rings. The van der Waals surface area contributed by atoms with Crippen molar-refractivity contribution in [3.8, 4) is 5.75 Å². The Kier molecular flexibility index (Phi) is 3.71. The number of nitrogen functional groups attached to an aromatic ring is 1. The molecule has 0 unspecified atom stereocenters. The molecule has 16 heavy (non-hydrogen) atoms. The van der Waals surface area contributed by atoms with Crippen LogP contribution in [0.25, 0.3) is 0 Å². The van der Waals surface area contributed by atoms with Gasteiger partial charge in [-0.05, 0) is 18.2 Å². The highest BCUT2D eigenvalue weighted by Gasteiger charge is 2.10. The lowest BCUT2D eigenvalue weighted by atomic mass is 10.2. The number of carboxylic acid groups (broad SMARTS) is 1. The molecule has 1 aromatic rings. The van der Waals surface area contributed by atoms with Gasteiger partial charge in [0.15, 0.2) is 6.61 Å². The van der Waals surface area contributed by atoms with Gasteiger partial charge in [0.25, 0.3) is 0 Å². The Morgan fingerprint density at radius 3 is 2.69 bits per heavy atom. The summed E-state index contributed by atoms with van der Waals surface area (Å²) >= 11 is 0. The van der Waals surface area contributed by atoms with Gasteiger partial charge in [0, 0.05) is 5.69 Å². The molecule has 0 heterocycles. The van der Waals surface area contributed by atoms with E-state index in [1.807, 2.05) is 0 Å². The van der Waals surface area contributed by atoms with E-state index in [9.17, 15) is 9.59 Å². The monoisotopic (exact) mass is 225 g/mol. The summed E-state index contributed by atoms with van der Waals surface area (Å²) in [6, 6.07) is 4.13. The quantitative estimate of drug-likeness (QED) is 0.572. The fourth-order valence-corrected chi connectivity index (χ4v) is 1.01. The SMILES string of the molecule is COC(=O)COc1ccc(N)c(C(=O)O)c1. The molecule has 0 aliphatic carbocycles. The number of aromatic carboxylic acids is 1. The van der Waals surface area contributed by atoms with Crippen LogP contribution >= 0.6 is 0 Å². The highest BCUT2D eigenvalue weighted by Crippen LogP contribution is 2.19. The van der Waals surface area contributed by atoms with E-state index >= 15 is 0 Å². The van der Waals surface area contributed by atoms with Crippen molar-refractivity contribution in [3.63, 3.8) is 0 Å². The molecule has 0 saturated heterocycles. The summed E-state index contributed by atoms with van der Waals surface area (Å²) in [5.41, 5.74) is 5.51. The fraction of sp³-hybridized carbons (Fsp3) is 0.200. The van der Waals surface area contributed by atoms with Crippen LogP contribution in [0.3, 0.4) is 0 Å². The number of hydrogen-bond donors (Lipinski definition) is 2. The first-order chi connectivity index (χ1) is 7.54. The predicted molar refractivity (Wildman–Crippen MR) is 55.3 cm³/mol. The van der Waals surface area contributed by atoms with Gasteiger partial charge in [0.2, 0.25) is 0 Å². The van der Waals surface area contributed by atoms with Gasteiger partial charge in [-0.15, -0.1) is 0 Å². The van der Waals surface area contributed by atoms with Crippen LogP contribution in [0.4, 0.5) is 5.69 Å². The largest absolute Gasteiger partial charge is 0.482 e. The maximum atomic E-state index is 10.8. The molecular formula is C10H11NO5. The smallest absolute Gasteiger partial charge is 0.343 e. The van der Waals surface area contributed by atoms with Crippen molar-refractivity contribution in [2.45, 2.75) is 0 Å². The second kappa shape index (κ2) is 5.01. The number of methoxy groups -OCH3 is 1. The lowest BCUT2D eigenvalue weighted by molar-refractivity contribution is -0.142. The average Bonchev–Trinajstić information content (AvgIpc) is 2.27. The highest BCUT2D eigenvalue weighted by atomic mass is 16.6. The molecule has 86 valence electrons. The number of carboxylic acids is 1. The molecule has 6 heteroatoms. The maximum absolute atomic E-state index is 10.8. The van der Waals surface area contributed by atoms with Crippen molar-refractivity contribution in [2.24, 2.45) is 0 Å². The number of ether oxygens (including phenoxy) is 2. The molecule has 1 rings (SSSR count). The van der Waals surface area contributed by atoms with E-state index in [0.29, 0.717) is 0 Å². The summed E-state index contributed by atoms with van der Waals surface area (Å²) in [7, 11) is 1.23. The minimum Gasteiger partial charge on any atom is -0.482 e. The zero-order chi connectivity index (χ0) is 12.1. The average molecular weight is 225 g/mol. The number of nitrogens with two attached hydrogens (primary N) is 1. The van der Waals surface area contributed by atoms with Crippen LogP contribution in [0.5, 0.6) is 5.75 Å². The highest BCUT2D eigenvalue weighted by molar-refractivity contribution is 5.94. The van der Waals surface area contributed by atoms with Crippen molar-refractivity contribution in [2.75, 3.05) is 19.5 Å². The zero-order valence-corrected chi connectivity index (χ0v) is 8.60. The van der Waals surface area contributed by atoms with E-state index < -0.39 is 11.9 Å². The second-order valence-electron chi connectivity index (χ2n) is 2.92. The molecule has 0 spiro atoms. The van der Waals surface area contributed by atoms with Crippen molar-refractivity contribution >= 4 is 17.6 Å². The van der Waals surface area contributed by atoms with E-state index in [4.69, 9.17) is 15.6 Å². The number of rotatable bonds is 4. The van der Waals surface area contributed by atoms with E-state index in [1.54, 1.807) is 0 Å². The van der Waals surface area contributed by atoms with Gasteiger partial charge in [-0.3, -0.25) is 0 Å². The molecule has 0 saturated carbocycles. The normalized spacial score (nSPS) is 9.56. The van der Waals surface area contributed by atoms with E-state index in [0.717, 1.165) is 0 Å². The molecule has 6 nitrogen and oxygen atoms in total. The number of hydrogen-bond acceptors (Lipinski definition) is 5. The third-order valence-corrected chi connectivity index (χ3v) is 1.84. The molecule has 0 aliphatic rings. The topological polar surface area (TPSA) is 98.9 Å². The van der Waals surface area contributed by atoms with Gasteiger partial charge >= 0.3 is 11.9 Å². The van der Waals surface area contributed by atoms with E-state index in [-0.39, 0.29) is 23.6 Å². The van der Waals surface area contributed by atoms with Gasteiger partial charge in [-0.2, -0.15) is 0 Å². The van der Waals surface area contributed by atoms with Gasteiger partial charge < -0.3 is 20.3 Å². The van der Waals surface area contributed by atoms with Crippen LogP contribution in [-0.2, 0) is 9.53 Å². The Morgan fingerprint density at radius 2 is 2.12 bits per heavy atom. The molecule has 1 aromatic carbocycles. The molecule has 3 N–H and O–H groups in total. The number of benzene rings is 1. The van der Waals surface area contributed by atoms with E-state index in [2.05, 4.69) is 4.74 Å². The summed E-state index contributed by atoms with van der Waals surface area (Å²) in [5, 5.41) is 8.79. The second-order valence-corrected chi connectivity index (χ2v) is 2.92. The molecule has 0 radical (unpaired) electrons. The standard InChI is InChI=1S/C10H11NO5/c1-15-9(12)5-16-6-2-3-8(11)7(4-6)10(13)14/h2-4H,5,11H2,1H3,(H,13,14). The Morgan fingerprint density at radius 1 is 1.44 bits per heavy atom. The summed E-state index contributed by atoms with van der Waals surface area (Å²) in [5.74, 6) is -1.45.